The molecule has 0 aliphatic heterocycles. The lowest BCUT2D eigenvalue weighted by Crippen LogP contribution is -2.12. The number of hydrogen-bond acceptors (Lipinski definition) is 4. The van der Waals surface area contributed by atoms with Crippen LogP contribution in [0.2, 0.25) is 0 Å². The summed E-state index contributed by atoms with van der Waals surface area (Å²) in [7, 11) is 0. The summed E-state index contributed by atoms with van der Waals surface area (Å²) in [5.41, 5.74) is 0.858. The topological polar surface area (TPSA) is 67.2 Å². The van der Waals surface area contributed by atoms with Gasteiger partial charge >= 0.3 is 5.97 Å². The molecule has 0 aromatic heterocycles. The van der Waals surface area contributed by atoms with E-state index >= 15 is 0 Å². The van der Waals surface area contributed by atoms with E-state index in [9.17, 15) is 9.59 Å². The van der Waals surface area contributed by atoms with Gasteiger partial charge in [-0.15, -0.1) is 0 Å². The van der Waals surface area contributed by atoms with Gasteiger partial charge in [-0.1, -0.05) is 6.08 Å². The lowest BCUT2D eigenvalue weighted by Gasteiger charge is -2.06. The number of ketones is 1. The van der Waals surface area contributed by atoms with Crippen LogP contribution in [0.15, 0.2) is 48.1 Å². The highest BCUT2D eigenvalue weighted by Gasteiger charge is 2.13. The second kappa shape index (κ2) is 5.11. The number of hydrogen-bond donors (Lipinski definition) is 0. The minimum Gasteiger partial charge on any atom is -0.423 e. The predicted molar refractivity (Wildman–Crippen MR) is 63.6 cm³/mol. The van der Waals surface area contributed by atoms with Crippen molar-refractivity contribution in [3.63, 3.8) is 0 Å². The Labute approximate surface area is 104 Å². The summed E-state index contributed by atoms with van der Waals surface area (Å²) in [6.45, 7) is 0. The van der Waals surface area contributed by atoms with Crippen LogP contribution in [0.4, 0.5) is 0 Å². The van der Waals surface area contributed by atoms with Crippen LogP contribution in [-0.4, -0.2) is 11.8 Å². The zero-order chi connectivity index (χ0) is 13.0. The van der Waals surface area contributed by atoms with Gasteiger partial charge in [-0.05, 0) is 36.4 Å². The number of nitrogens with zero attached hydrogens (tertiary/aromatic N) is 1. The number of rotatable bonds is 2. The monoisotopic (exact) mass is 239 g/mol. The van der Waals surface area contributed by atoms with E-state index in [2.05, 4.69) is 0 Å². The molecule has 0 amide bonds. The number of allylic oxidation sites excluding steroid dienone is 2. The molecule has 2 rings (SSSR count). The highest BCUT2D eigenvalue weighted by molar-refractivity contribution is 6.00. The van der Waals surface area contributed by atoms with E-state index in [1.54, 1.807) is 24.3 Å². The van der Waals surface area contributed by atoms with E-state index in [1.807, 2.05) is 6.07 Å². The molecule has 1 aromatic carbocycles. The molecule has 0 radical (unpaired) electrons. The fourth-order valence-electron chi connectivity index (χ4n) is 1.44. The Morgan fingerprint density at radius 2 is 1.94 bits per heavy atom. The molecule has 4 heteroatoms. The second-order valence-electron chi connectivity index (χ2n) is 3.69. The van der Waals surface area contributed by atoms with Gasteiger partial charge in [0.2, 0.25) is 0 Å². The Bertz CT molecular complexity index is 588. The summed E-state index contributed by atoms with van der Waals surface area (Å²) in [6, 6.07) is 8.21. The first kappa shape index (κ1) is 11.8. The van der Waals surface area contributed by atoms with Crippen molar-refractivity contribution in [2.75, 3.05) is 0 Å². The molecule has 88 valence electrons. The van der Waals surface area contributed by atoms with Crippen molar-refractivity contribution in [3.8, 4) is 11.8 Å². The average molecular weight is 239 g/mol. The Kier molecular flexibility index (Phi) is 3.35. The van der Waals surface area contributed by atoms with Crippen LogP contribution in [-0.2, 0) is 9.59 Å². The molecule has 0 bridgehead atoms. The van der Waals surface area contributed by atoms with Crippen LogP contribution in [0.1, 0.15) is 12.0 Å². The Morgan fingerprint density at radius 3 is 2.50 bits per heavy atom. The van der Waals surface area contributed by atoms with Gasteiger partial charge in [0.05, 0.1) is 17.2 Å². The van der Waals surface area contributed by atoms with Crippen molar-refractivity contribution in [1.82, 2.24) is 0 Å². The molecule has 18 heavy (non-hydrogen) atoms. The first-order valence-electron chi connectivity index (χ1n) is 5.32. The second-order valence-corrected chi connectivity index (χ2v) is 3.69. The van der Waals surface area contributed by atoms with Crippen LogP contribution in [0.25, 0.3) is 0 Å². The Morgan fingerprint density at radius 1 is 1.22 bits per heavy atom. The van der Waals surface area contributed by atoms with Gasteiger partial charge in [-0.3, -0.25) is 4.79 Å². The molecule has 1 aliphatic carbocycles. The van der Waals surface area contributed by atoms with Gasteiger partial charge in [0.1, 0.15) is 5.75 Å². The maximum absolute atomic E-state index is 11.7. The highest BCUT2D eigenvalue weighted by Crippen LogP contribution is 2.15. The zero-order valence-electron chi connectivity index (χ0n) is 9.42. The van der Waals surface area contributed by atoms with Crippen molar-refractivity contribution >= 4 is 11.8 Å². The van der Waals surface area contributed by atoms with Gasteiger partial charge in [-0.2, -0.15) is 5.26 Å². The maximum Gasteiger partial charge on any atom is 0.343 e. The first-order chi connectivity index (χ1) is 8.69. The van der Waals surface area contributed by atoms with E-state index in [4.69, 9.17) is 10.00 Å². The number of esters is 1. The molecule has 0 atom stereocenters. The summed E-state index contributed by atoms with van der Waals surface area (Å²) in [6.07, 6.45) is 4.55. The fraction of sp³-hybridized carbons (Fsp3) is 0.0714. The number of carbonyl (C=O) groups is 2. The van der Waals surface area contributed by atoms with Gasteiger partial charge < -0.3 is 4.74 Å². The molecule has 0 fully saturated rings. The zero-order valence-corrected chi connectivity index (χ0v) is 9.42. The van der Waals surface area contributed by atoms with E-state index in [1.165, 1.54) is 18.2 Å². The molecule has 0 unspecified atom stereocenters. The van der Waals surface area contributed by atoms with Crippen LogP contribution >= 0.6 is 0 Å². The summed E-state index contributed by atoms with van der Waals surface area (Å²) in [4.78, 5) is 22.7. The first-order valence-corrected chi connectivity index (χ1v) is 5.32. The van der Waals surface area contributed by atoms with Gasteiger partial charge in [0, 0.05) is 6.42 Å². The molecule has 0 spiro atoms. The molecule has 1 aliphatic rings. The molecule has 0 saturated heterocycles. The van der Waals surface area contributed by atoms with E-state index in [0.29, 0.717) is 16.9 Å². The van der Waals surface area contributed by atoms with Crippen LogP contribution < -0.4 is 4.74 Å². The fourth-order valence-corrected chi connectivity index (χ4v) is 1.44. The summed E-state index contributed by atoms with van der Waals surface area (Å²) in [5, 5.41) is 8.63. The van der Waals surface area contributed by atoms with Crippen molar-refractivity contribution in [1.29, 1.82) is 5.26 Å². The third-order valence-corrected chi connectivity index (χ3v) is 2.40. The van der Waals surface area contributed by atoms with Crippen LogP contribution in [0.5, 0.6) is 5.75 Å². The lowest BCUT2D eigenvalue weighted by atomic mass is 10.1. The van der Waals surface area contributed by atoms with Gasteiger partial charge in [0.15, 0.2) is 5.78 Å². The molecule has 1 aromatic rings. The van der Waals surface area contributed by atoms with E-state index in [-0.39, 0.29) is 12.2 Å². The molecule has 4 nitrogen and oxygen atoms in total. The van der Waals surface area contributed by atoms with Gasteiger partial charge in [-0.25, -0.2) is 4.79 Å². The lowest BCUT2D eigenvalue weighted by molar-refractivity contribution is -0.129. The largest absolute Gasteiger partial charge is 0.423 e. The highest BCUT2D eigenvalue weighted by atomic mass is 16.5. The number of nitriles is 1. The Hall–Kier alpha value is -2.67. The number of carbonyl (C=O) groups excluding carboxylic acids is 2. The molecule has 0 N–H and O–H groups in total. The summed E-state index contributed by atoms with van der Waals surface area (Å²) >= 11 is 0. The summed E-state index contributed by atoms with van der Waals surface area (Å²) < 4.78 is 5.11. The van der Waals surface area contributed by atoms with Gasteiger partial charge in [0.25, 0.3) is 0 Å². The number of benzene rings is 1. The van der Waals surface area contributed by atoms with E-state index < -0.39 is 5.97 Å². The molecule has 0 heterocycles. The SMILES string of the molecule is N#Cc1ccc(OC(=O)C2=CCC(=O)C=C2)cc1. The third kappa shape index (κ3) is 2.71. The van der Waals surface area contributed by atoms with Crippen LogP contribution in [0.3, 0.4) is 0 Å². The minimum absolute atomic E-state index is 0.0371. The van der Waals surface area contributed by atoms with Crippen molar-refractivity contribution in [2.45, 2.75) is 6.42 Å². The van der Waals surface area contributed by atoms with Crippen LogP contribution in [0, 0.1) is 11.3 Å². The minimum atomic E-state index is -0.511. The Balaban J connectivity index is 2.05. The molecule has 0 saturated carbocycles. The maximum atomic E-state index is 11.7. The third-order valence-electron chi connectivity index (χ3n) is 2.40. The van der Waals surface area contributed by atoms with Crippen molar-refractivity contribution < 1.29 is 14.3 Å². The molecular formula is C14H9NO3. The normalized spacial score (nSPS) is 13.7. The smallest absolute Gasteiger partial charge is 0.343 e. The quantitative estimate of drug-likeness (QED) is 0.584. The van der Waals surface area contributed by atoms with Crippen molar-refractivity contribution in [3.05, 3.63) is 53.6 Å². The predicted octanol–water partition coefficient (Wildman–Crippen LogP) is 1.92. The number of ether oxygens (including phenoxy) is 1. The van der Waals surface area contributed by atoms with E-state index in [0.717, 1.165) is 0 Å². The standard InChI is InChI=1S/C14H9NO3/c15-9-10-1-7-13(8-2-10)18-14(17)11-3-5-12(16)6-4-11/h1-5,7-8H,6H2. The molecular weight excluding hydrogens is 230 g/mol. The van der Waals surface area contributed by atoms with Crippen molar-refractivity contribution in [2.24, 2.45) is 0 Å². The summed E-state index contributed by atoms with van der Waals surface area (Å²) in [5.74, 6) is -0.182. The average Bonchev–Trinajstić information content (AvgIpc) is 2.40.